The summed E-state index contributed by atoms with van der Waals surface area (Å²) >= 11 is 0. The molecule has 1 N–H and O–H groups in total. The third kappa shape index (κ3) is 5.11. The SMILES string of the molecule is COc1ccc(CCn2c(O)c(C#N)c(C)c(N=Nc3ccc([N+](=O)[O-])cc3[N+](=O)[O-])c2=O)cc1. The van der Waals surface area contributed by atoms with Crippen LogP contribution in [0.3, 0.4) is 0 Å². The van der Waals surface area contributed by atoms with E-state index in [0.29, 0.717) is 12.2 Å². The number of aromatic hydroxyl groups is 1. The number of pyridine rings is 1. The van der Waals surface area contributed by atoms with E-state index in [1.54, 1.807) is 24.3 Å². The predicted octanol–water partition coefficient (Wildman–Crippen LogP) is 4.22. The van der Waals surface area contributed by atoms with Crippen molar-refractivity contribution in [1.82, 2.24) is 4.57 Å². The quantitative estimate of drug-likeness (QED) is 0.283. The molecular weight excluding hydrogens is 460 g/mol. The number of nitro benzene ring substituents is 2. The highest BCUT2D eigenvalue weighted by Gasteiger charge is 2.22. The van der Waals surface area contributed by atoms with Crippen LogP contribution in [0.1, 0.15) is 16.7 Å². The van der Waals surface area contributed by atoms with Gasteiger partial charge in [0.05, 0.1) is 23.0 Å². The van der Waals surface area contributed by atoms with E-state index in [0.717, 1.165) is 28.3 Å². The molecule has 0 aliphatic rings. The Balaban J connectivity index is 2.03. The predicted molar refractivity (Wildman–Crippen MR) is 122 cm³/mol. The maximum Gasteiger partial charge on any atom is 0.303 e. The molecule has 0 radical (unpaired) electrons. The third-order valence-electron chi connectivity index (χ3n) is 5.18. The molecule has 3 aromatic rings. The molecule has 1 aromatic heterocycles. The van der Waals surface area contributed by atoms with Gasteiger partial charge in [0.15, 0.2) is 11.4 Å². The van der Waals surface area contributed by atoms with Gasteiger partial charge in [0, 0.05) is 18.2 Å². The number of nitrogens with zero attached hydrogens (tertiary/aromatic N) is 6. The first-order valence-corrected chi connectivity index (χ1v) is 10.0. The van der Waals surface area contributed by atoms with Crippen molar-refractivity contribution in [3.63, 3.8) is 0 Å². The number of aromatic nitrogens is 1. The van der Waals surface area contributed by atoms with Crippen molar-refractivity contribution in [2.24, 2.45) is 10.2 Å². The molecule has 0 aliphatic carbocycles. The van der Waals surface area contributed by atoms with E-state index in [1.807, 2.05) is 6.07 Å². The van der Waals surface area contributed by atoms with Crippen LogP contribution < -0.4 is 10.3 Å². The smallest absolute Gasteiger partial charge is 0.303 e. The van der Waals surface area contributed by atoms with Crippen molar-refractivity contribution in [3.8, 4) is 17.7 Å². The van der Waals surface area contributed by atoms with Crippen LogP contribution in [-0.2, 0) is 13.0 Å². The van der Waals surface area contributed by atoms with Gasteiger partial charge < -0.3 is 9.84 Å². The second-order valence-corrected chi connectivity index (χ2v) is 7.23. The van der Waals surface area contributed by atoms with Gasteiger partial charge in [0.2, 0.25) is 5.88 Å². The summed E-state index contributed by atoms with van der Waals surface area (Å²) in [7, 11) is 1.53. The fourth-order valence-electron chi connectivity index (χ4n) is 3.26. The number of rotatable bonds is 8. The number of hydrogen-bond acceptors (Lipinski definition) is 10. The molecule has 0 saturated carbocycles. The molecule has 2 aromatic carbocycles. The van der Waals surface area contributed by atoms with Crippen LogP contribution in [0.15, 0.2) is 57.5 Å². The molecule has 178 valence electrons. The number of nitro groups is 2. The lowest BCUT2D eigenvalue weighted by molar-refractivity contribution is -0.393. The van der Waals surface area contributed by atoms with Gasteiger partial charge in [0.25, 0.3) is 11.2 Å². The van der Waals surface area contributed by atoms with Crippen LogP contribution in [0.25, 0.3) is 0 Å². The van der Waals surface area contributed by atoms with E-state index in [1.165, 1.54) is 14.0 Å². The number of aryl methyl sites for hydroxylation is 1. The van der Waals surface area contributed by atoms with Gasteiger partial charge in [-0.3, -0.25) is 29.6 Å². The third-order valence-corrected chi connectivity index (χ3v) is 5.18. The lowest BCUT2D eigenvalue weighted by Crippen LogP contribution is -2.22. The molecule has 0 amide bonds. The zero-order valence-corrected chi connectivity index (χ0v) is 18.5. The van der Waals surface area contributed by atoms with Crippen molar-refractivity contribution in [2.45, 2.75) is 19.9 Å². The molecule has 0 saturated heterocycles. The Morgan fingerprint density at radius 1 is 1.11 bits per heavy atom. The topological polar surface area (TPSA) is 186 Å². The fourth-order valence-corrected chi connectivity index (χ4v) is 3.26. The molecule has 0 spiro atoms. The summed E-state index contributed by atoms with van der Waals surface area (Å²) in [4.78, 5) is 33.7. The van der Waals surface area contributed by atoms with Crippen molar-refractivity contribution >= 4 is 22.7 Å². The van der Waals surface area contributed by atoms with E-state index in [4.69, 9.17) is 4.74 Å². The van der Waals surface area contributed by atoms with Crippen molar-refractivity contribution < 1.29 is 19.7 Å². The Morgan fingerprint density at radius 2 is 1.80 bits per heavy atom. The van der Waals surface area contributed by atoms with E-state index < -0.39 is 32.7 Å². The average molecular weight is 478 g/mol. The van der Waals surface area contributed by atoms with Gasteiger partial charge in [-0.1, -0.05) is 12.1 Å². The summed E-state index contributed by atoms with van der Waals surface area (Å²) in [6.07, 6.45) is 0.329. The minimum absolute atomic E-state index is 0.00611. The van der Waals surface area contributed by atoms with Gasteiger partial charge in [-0.15, -0.1) is 10.2 Å². The van der Waals surface area contributed by atoms with Crippen molar-refractivity contribution in [1.29, 1.82) is 5.26 Å². The molecule has 0 aliphatic heterocycles. The number of benzene rings is 2. The maximum atomic E-state index is 13.1. The molecule has 13 heteroatoms. The van der Waals surface area contributed by atoms with E-state index in [2.05, 4.69) is 10.2 Å². The minimum atomic E-state index is -0.862. The van der Waals surface area contributed by atoms with Crippen LogP contribution in [0.4, 0.5) is 22.7 Å². The Morgan fingerprint density at radius 3 is 2.37 bits per heavy atom. The van der Waals surface area contributed by atoms with Gasteiger partial charge in [-0.2, -0.15) is 5.26 Å². The van der Waals surface area contributed by atoms with Crippen LogP contribution >= 0.6 is 0 Å². The number of hydrogen-bond donors (Lipinski definition) is 1. The molecule has 0 atom stereocenters. The first-order valence-electron chi connectivity index (χ1n) is 10.0. The second kappa shape index (κ2) is 10.2. The summed E-state index contributed by atoms with van der Waals surface area (Å²) in [6.45, 7) is 1.39. The van der Waals surface area contributed by atoms with Crippen molar-refractivity contribution in [3.05, 3.63) is 89.7 Å². The van der Waals surface area contributed by atoms with E-state index in [9.17, 15) is 35.4 Å². The number of methoxy groups -OCH3 is 1. The minimum Gasteiger partial charge on any atom is -0.497 e. The largest absolute Gasteiger partial charge is 0.497 e. The Kier molecular flexibility index (Phi) is 7.16. The first-order chi connectivity index (χ1) is 16.7. The highest BCUT2D eigenvalue weighted by molar-refractivity contribution is 5.62. The van der Waals surface area contributed by atoms with Crippen LogP contribution in [-0.4, -0.2) is 26.6 Å². The zero-order valence-electron chi connectivity index (χ0n) is 18.5. The molecule has 1 heterocycles. The first kappa shape index (κ1) is 24.5. The maximum absolute atomic E-state index is 13.1. The Hall–Kier alpha value is -5.12. The summed E-state index contributed by atoms with van der Waals surface area (Å²) in [5.74, 6) is 0.114. The number of non-ortho nitro benzene ring substituents is 1. The average Bonchev–Trinajstić information content (AvgIpc) is 2.84. The highest BCUT2D eigenvalue weighted by atomic mass is 16.6. The molecule has 3 rings (SSSR count). The molecule has 0 bridgehead atoms. The monoisotopic (exact) mass is 478 g/mol. The van der Waals surface area contributed by atoms with Crippen molar-refractivity contribution in [2.75, 3.05) is 7.11 Å². The van der Waals surface area contributed by atoms with Gasteiger partial charge >= 0.3 is 5.69 Å². The van der Waals surface area contributed by atoms with Crippen LogP contribution in [0.2, 0.25) is 0 Å². The summed E-state index contributed by atoms with van der Waals surface area (Å²) in [6, 6.07) is 11.6. The number of azo groups is 1. The van der Waals surface area contributed by atoms with Gasteiger partial charge in [0.1, 0.15) is 17.4 Å². The van der Waals surface area contributed by atoms with Gasteiger partial charge in [-0.05, 0) is 37.1 Å². The lowest BCUT2D eigenvalue weighted by atomic mass is 10.1. The van der Waals surface area contributed by atoms with Crippen LogP contribution in [0.5, 0.6) is 11.6 Å². The molecule has 35 heavy (non-hydrogen) atoms. The Bertz CT molecular complexity index is 1440. The van der Waals surface area contributed by atoms with Gasteiger partial charge in [-0.25, -0.2) is 0 Å². The fraction of sp³-hybridized carbons (Fsp3) is 0.182. The molecule has 0 fully saturated rings. The lowest BCUT2D eigenvalue weighted by Gasteiger charge is -2.13. The standard InChI is InChI=1S/C22H18N6O7/c1-13-17(12-23)21(29)26(10-9-14-3-6-16(35-2)7-4-14)22(30)20(13)25-24-18-8-5-15(27(31)32)11-19(18)28(33)34/h3-8,11,29H,9-10H2,1-2H3. The molecular formula is C22H18N6O7. The second-order valence-electron chi connectivity index (χ2n) is 7.23. The van der Waals surface area contributed by atoms with E-state index in [-0.39, 0.29) is 29.0 Å². The summed E-state index contributed by atoms with van der Waals surface area (Å²) in [5.41, 5.74) is -1.92. The molecule has 0 unspecified atom stereocenters. The number of ether oxygens (including phenoxy) is 1. The van der Waals surface area contributed by atoms with E-state index >= 15 is 0 Å². The number of nitriles is 1. The summed E-state index contributed by atoms with van der Waals surface area (Å²) < 4.78 is 6.07. The summed E-state index contributed by atoms with van der Waals surface area (Å²) in [5, 5.41) is 49.8. The highest BCUT2D eigenvalue weighted by Crippen LogP contribution is 2.33. The van der Waals surface area contributed by atoms with Crippen LogP contribution in [0, 0.1) is 38.5 Å². The normalized spacial score (nSPS) is 10.8. The zero-order chi connectivity index (χ0) is 25.7. The Labute approximate surface area is 197 Å². The molecule has 13 nitrogen and oxygen atoms in total.